The maximum Gasteiger partial charge on any atom is 0.263 e. The van der Waals surface area contributed by atoms with Gasteiger partial charge in [-0.3, -0.25) is 4.79 Å². The van der Waals surface area contributed by atoms with E-state index in [1.807, 2.05) is 18.2 Å². The first kappa shape index (κ1) is 15.5. The highest BCUT2D eigenvalue weighted by atomic mass is 32.1. The molecule has 0 bridgehead atoms. The van der Waals surface area contributed by atoms with E-state index in [1.54, 1.807) is 18.5 Å². The third kappa shape index (κ3) is 3.87. The van der Waals surface area contributed by atoms with Gasteiger partial charge in [0.15, 0.2) is 5.13 Å². The Balaban J connectivity index is 1.54. The molecule has 7 heteroatoms. The number of anilines is 2. The number of nitrogens with zero attached hydrogens (tertiary/aromatic N) is 3. The van der Waals surface area contributed by atoms with Crippen LogP contribution in [0.2, 0.25) is 0 Å². The molecule has 1 atom stereocenters. The fourth-order valence-corrected chi connectivity index (χ4v) is 3.23. The largest absolute Gasteiger partial charge is 0.358 e. The van der Waals surface area contributed by atoms with Crippen LogP contribution >= 0.6 is 11.3 Å². The lowest BCUT2D eigenvalue weighted by molar-refractivity contribution is 0.0944. The summed E-state index contributed by atoms with van der Waals surface area (Å²) in [7, 11) is 0. The molecule has 0 radical (unpaired) electrons. The Bertz CT molecular complexity index is 672. The molecule has 0 aliphatic carbocycles. The van der Waals surface area contributed by atoms with Gasteiger partial charge in [0.2, 0.25) is 0 Å². The van der Waals surface area contributed by atoms with Crippen LogP contribution in [0.25, 0.3) is 0 Å². The van der Waals surface area contributed by atoms with Crippen molar-refractivity contribution in [2.75, 3.05) is 29.9 Å². The maximum absolute atomic E-state index is 12.3. The summed E-state index contributed by atoms with van der Waals surface area (Å²) in [5.74, 6) is 0.889. The van der Waals surface area contributed by atoms with E-state index < -0.39 is 0 Å². The molecule has 1 amide bonds. The van der Waals surface area contributed by atoms with Gasteiger partial charge < -0.3 is 15.5 Å². The van der Waals surface area contributed by atoms with E-state index >= 15 is 0 Å². The predicted octanol–water partition coefficient (Wildman–Crippen LogP) is 2.14. The van der Waals surface area contributed by atoms with Gasteiger partial charge in [0.25, 0.3) is 5.91 Å². The topological polar surface area (TPSA) is 70.2 Å². The van der Waals surface area contributed by atoms with Gasteiger partial charge in [0.05, 0.1) is 6.20 Å². The van der Waals surface area contributed by atoms with Crippen LogP contribution < -0.4 is 15.5 Å². The quantitative estimate of drug-likeness (QED) is 0.795. The Morgan fingerprint density at radius 1 is 1.48 bits per heavy atom. The van der Waals surface area contributed by atoms with Crippen molar-refractivity contribution in [2.24, 2.45) is 0 Å². The second kappa shape index (κ2) is 7.23. The van der Waals surface area contributed by atoms with Crippen LogP contribution in [-0.2, 0) is 0 Å². The average Bonchev–Trinajstić information content (AvgIpc) is 3.23. The Hall–Kier alpha value is -2.41. The molecule has 2 aromatic rings. The predicted molar refractivity (Wildman–Crippen MR) is 93.1 cm³/mol. The van der Waals surface area contributed by atoms with Gasteiger partial charge in [-0.1, -0.05) is 23.5 Å². The highest BCUT2D eigenvalue weighted by Gasteiger charge is 2.25. The third-order valence-electron chi connectivity index (χ3n) is 3.62. The molecule has 0 spiro atoms. The Labute approximate surface area is 139 Å². The summed E-state index contributed by atoms with van der Waals surface area (Å²) >= 11 is 1.35. The number of nitrogens with one attached hydrogen (secondary N) is 2. The third-order valence-corrected chi connectivity index (χ3v) is 4.58. The summed E-state index contributed by atoms with van der Waals surface area (Å²) in [4.78, 5) is 23.7. The van der Waals surface area contributed by atoms with Crippen LogP contribution in [0.1, 0.15) is 16.1 Å². The first-order valence-corrected chi connectivity index (χ1v) is 8.35. The minimum atomic E-state index is -0.0676. The van der Waals surface area contributed by atoms with E-state index in [0.29, 0.717) is 11.4 Å². The molecule has 2 aromatic heterocycles. The van der Waals surface area contributed by atoms with Crippen molar-refractivity contribution in [3.05, 3.63) is 48.1 Å². The SMILES string of the molecule is C=CCNc1ncc(C(=O)N[C@H]2CCN(c3ccccn3)C2)s1. The summed E-state index contributed by atoms with van der Waals surface area (Å²) in [5, 5.41) is 6.90. The number of hydrogen-bond donors (Lipinski definition) is 2. The second-order valence-corrected chi connectivity index (χ2v) is 6.32. The number of hydrogen-bond acceptors (Lipinski definition) is 6. The molecule has 1 saturated heterocycles. The number of thiazole rings is 1. The van der Waals surface area contributed by atoms with Crippen LogP contribution in [0.15, 0.2) is 43.2 Å². The molecule has 0 saturated carbocycles. The molecule has 2 N–H and O–H groups in total. The molecular weight excluding hydrogens is 310 g/mol. The van der Waals surface area contributed by atoms with Crippen molar-refractivity contribution in [1.82, 2.24) is 15.3 Å². The number of rotatable bonds is 6. The van der Waals surface area contributed by atoms with Gasteiger partial charge in [-0.2, -0.15) is 0 Å². The summed E-state index contributed by atoms with van der Waals surface area (Å²) in [5.41, 5.74) is 0. The zero-order chi connectivity index (χ0) is 16.1. The minimum absolute atomic E-state index is 0.0676. The molecule has 0 aromatic carbocycles. The van der Waals surface area contributed by atoms with E-state index in [4.69, 9.17) is 0 Å². The summed E-state index contributed by atoms with van der Waals surface area (Å²) in [6.45, 7) is 5.96. The second-order valence-electron chi connectivity index (χ2n) is 5.29. The Morgan fingerprint density at radius 3 is 3.17 bits per heavy atom. The molecule has 6 nitrogen and oxygen atoms in total. The van der Waals surface area contributed by atoms with Gasteiger partial charge >= 0.3 is 0 Å². The summed E-state index contributed by atoms with van der Waals surface area (Å²) < 4.78 is 0. The van der Waals surface area contributed by atoms with Gasteiger partial charge in [-0.05, 0) is 18.6 Å². The zero-order valence-corrected chi connectivity index (χ0v) is 13.6. The first-order chi connectivity index (χ1) is 11.3. The standard InChI is InChI=1S/C16H19N5OS/c1-2-7-18-16-19-10-13(23-16)15(22)20-12-6-9-21(11-12)14-5-3-4-8-17-14/h2-5,8,10,12H,1,6-7,9,11H2,(H,18,19)(H,20,22)/t12-/m0/s1. The van der Waals surface area contributed by atoms with Crippen LogP contribution in [0, 0.1) is 0 Å². The van der Waals surface area contributed by atoms with Gasteiger partial charge in [0, 0.05) is 31.9 Å². The Kier molecular flexibility index (Phi) is 4.87. The lowest BCUT2D eigenvalue weighted by Crippen LogP contribution is -2.36. The smallest absolute Gasteiger partial charge is 0.263 e. The molecule has 1 aliphatic heterocycles. The highest BCUT2D eigenvalue weighted by Crippen LogP contribution is 2.20. The van der Waals surface area contributed by atoms with E-state index in [1.165, 1.54) is 11.3 Å². The van der Waals surface area contributed by atoms with Gasteiger partial charge in [0.1, 0.15) is 10.7 Å². The van der Waals surface area contributed by atoms with Crippen molar-refractivity contribution in [1.29, 1.82) is 0 Å². The van der Waals surface area contributed by atoms with E-state index in [0.717, 1.165) is 30.5 Å². The fourth-order valence-electron chi connectivity index (χ4n) is 2.50. The lowest BCUT2D eigenvalue weighted by Gasteiger charge is -2.17. The van der Waals surface area contributed by atoms with E-state index in [2.05, 4.69) is 32.1 Å². The molecule has 1 aliphatic rings. The average molecular weight is 329 g/mol. The number of pyridine rings is 1. The summed E-state index contributed by atoms with van der Waals surface area (Å²) in [6, 6.07) is 6.01. The van der Waals surface area contributed by atoms with Crippen molar-refractivity contribution >= 4 is 28.2 Å². The highest BCUT2D eigenvalue weighted by molar-refractivity contribution is 7.17. The molecule has 120 valence electrons. The summed E-state index contributed by atoms with van der Waals surface area (Å²) in [6.07, 6.45) is 6.07. The lowest BCUT2D eigenvalue weighted by atomic mass is 10.2. The molecular formula is C16H19N5OS. The number of amides is 1. The molecule has 0 unspecified atom stereocenters. The van der Waals surface area contributed by atoms with E-state index in [9.17, 15) is 4.79 Å². The van der Waals surface area contributed by atoms with Crippen molar-refractivity contribution in [3.63, 3.8) is 0 Å². The first-order valence-electron chi connectivity index (χ1n) is 7.53. The van der Waals surface area contributed by atoms with Crippen LogP contribution in [0.4, 0.5) is 10.9 Å². The molecule has 23 heavy (non-hydrogen) atoms. The number of aromatic nitrogens is 2. The van der Waals surface area contributed by atoms with Crippen LogP contribution in [-0.4, -0.2) is 41.6 Å². The number of carbonyl (C=O) groups excluding carboxylic acids is 1. The zero-order valence-electron chi connectivity index (χ0n) is 12.7. The van der Waals surface area contributed by atoms with Crippen molar-refractivity contribution < 1.29 is 4.79 Å². The minimum Gasteiger partial charge on any atom is -0.358 e. The number of carbonyl (C=O) groups is 1. The normalized spacial score (nSPS) is 17.0. The van der Waals surface area contributed by atoms with Crippen LogP contribution in [0.5, 0.6) is 0 Å². The molecule has 3 heterocycles. The van der Waals surface area contributed by atoms with Crippen molar-refractivity contribution in [3.8, 4) is 0 Å². The van der Waals surface area contributed by atoms with Crippen LogP contribution in [0.3, 0.4) is 0 Å². The van der Waals surface area contributed by atoms with Gasteiger partial charge in [-0.25, -0.2) is 9.97 Å². The Morgan fingerprint density at radius 2 is 2.39 bits per heavy atom. The fraction of sp³-hybridized carbons (Fsp3) is 0.312. The molecule has 3 rings (SSSR count). The maximum atomic E-state index is 12.3. The monoisotopic (exact) mass is 329 g/mol. The molecule has 1 fully saturated rings. The van der Waals surface area contributed by atoms with Crippen molar-refractivity contribution in [2.45, 2.75) is 12.5 Å². The van der Waals surface area contributed by atoms with Gasteiger partial charge in [-0.15, -0.1) is 6.58 Å². The van der Waals surface area contributed by atoms with E-state index in [-0.39, 0.29) is 11.9 Å².